The minimum Gasteiger partial charge on any atom is -0.496 e. The molecule has 1 rings (SSSR count). The van der Waals surface area contributed by atoms with E-state index in [2.05, 4.69) is 37.4 Å². The topological polar surface area (TPSA) is 21.3 Å². The molecule has 0 aliphatic heterocycles. The number of nitrogens with one attached hydrogen (secondary N) is 1. The standard InChI is InChI=1S/C12H19NO.ClH/c1-9-6-5-7-11(12(9)14-4)8-10(2)13-3;/h5-7,10,13H,8H2,1-4H3;1H. The molecule has 0 spiro atoms. The van der Waals surface area contributed by atoms with Gasteiger partial charge in [0.15, 0.2) is 0 Å². The number of methoxy groups -OCH3 is 1. The number of benzene rings is 1. The summed E-state index contributed by atoms with van der Waals surface area (Å²) in [7, 11) is 3.71. The van der Waals surface area contributed by atoms with Crippen LogP contribution in [0.25, 0.3) is 0 Å². The Hall–Kier alpha value is -0.730. The van der Waals surface area contributed by atoms with Crippen LogP contribution in [0.1, 0.15) is 18.1 Å². The lowest BCUT2D eigenvalue weighted by Crippen LogP contribution is -2.23. The Morgan fingerprint density at radius 3 is 2.60 bits per heavy atom. The first-order chi connectivity index (χ1) is 6.69. The highest BCUT2D eigenvalue weighted by Crippen LogP contribution is 2.23. The molecule has 0 radical (unpaired) electrons. The van der Waals surface area contributed by atoms with Gasteiger partial charge in [-0.3, -0.25) is 0 Å². The molecule has 0 aromatic heterocycles. The molecule has 86 valence electrons. The van der Waals surface area contributed by atoms with Gasteiger partial charge in [-0.15, -0.1) is 12.4 Å². The first-order valence-electron chi connectivity index (χ1n) is 4.98. The molecule has 1 unspecified atom stereocenters. The van der Waals surface area contributed by atoms with Crippen LogP contribution < -0.4 is 10.1 Å². The second-order valence-corrected chi connectivity index (χ2v) is 3.66. The van der Waals surface area contributed by atoms with E-state index < -0.39 is 0 Å². The number of hydrogen-bond acceptors (Lipinski definition) is 2. The monoisotopic (exact) mass is 229 g/mol. The van der Waals surface area contributed by atoms with Crippen molar-refractivity contribution in [2.24, 2.45) is 0 Å². The maximum atomic E-state index is 5.39. The zero-order chi connectivity index (χ0) is 10.6. The van der Waals surface area contributed by atoms with Gasteiger partial charge in [0.2, 0.25) is 0 Å². The van der Waals surface area contributed by atoms with Gasteiger partial charge in [-0.2, -0.15) is 0 Å². The zero-order valence-corrected chi connectivity index (χ0v) is 10.6. The van der Waals surface area contributed by atoms with Crippen LogP contribution in [0.4, 0.5) is 0 Å². The van der Waals surface area contributed by atoms with E-state index in [1.165, 1.54) is 11.1 Å². The molecule has 1 atom stereocenters. The van der Waals surface area contributed by atoms with E-state index >= 15 is 0 Å². The van der Waals surface area contributed by atoms with Crippen molar-refractivity contribution in [2.75, 3.05) is 14.2 Å². The average molecular weight is 230 g/mol. The molecule has 1 N–H and O–H groups in total. The van der Waals surface area contributed by atoms with Crippen LogP contribution >= 0.6 is 12.4 Å². The molecule has 15 heavy (non-hydrogen) atoms. The lowest BCUT2D eigenvalue weighted by molar-refractivity contribution is 0.404. The predicted molar refractivity (Wildman–Crippen MR) is 67.2 cm³/mol. The quantitative estimate of drug-likeness (QED) is 0.857. The number of aryl methyl sites for hydroxylation is 1. The van der Waals surface area contributed by atoms with Gasteiger partial charge >= 0.3 is 0 Å². The van der Waals surface area contributed by atoms with Gasteiger partial charge in [0.25, 0.3) is 0 Å². The van der Waals surface area contributed by atoms with Crippen LogP contribution in [-0.4, -0.2) is 20.2 Å². The smallest absolute Gasteiger partial charge is 0.125 e. The van der Waals surface area contributed by atoms with Gasteiger partial charge in [-0.1, -0.05) is 18.2 Å². The van der Waals surface area contributed by atoms with Crippen molar-refractivity contribution < 1.29 is 4.74 Å². The predicted octanol–water partition coefficient (Wildman–Crippen LogP) is 2.58. The number of hydrogen-bond donors (Lipinski definition) is 1. The Kier molecular flexibility index (Phi) is 6.37. The second-order valence-electron chi connectivity index (χ2n) is 3.66. The van der Waals surface area contributed by atoms with Crippen molar-refractivity contribution >= 4 is 12.4 Å². The average Bonchev–Trinajstić information content (AvgIpc) is 2.18. The van der Waals surface area contributed by atoms with Crippen LogP contribution in [0.3, 0.4) is 0 Å². The first kappa shape index (κ1) is 14.3. The Morgan fingerprint density at radius 2 is 2.07 bits per heavy atom. The zero-order valence-electron chi connectivity index (χ0n) is 9.83. The molecule has 3 heteroatoms. The Labute approximate surface area is 98.4 Å². The van der Waals surface area contributed by atoms with E-state index in [0.29, 0.717) is 6.04 Å². The van der Waals surface area contributed by atoms with E-state index in [1.807, 2.05) is 7.05 Å². The molecule has 0 amide bonds. The summed E-state index contributed by atoms with van der Waals surface area (Å²) in [5.41, 5.74) is 2.47. The van der Waals surface area contributed by atoms with Crippen LogP contribution in [0.15, 0.2) is 18.2 Å². The lowest BCUT2D eigenvalue weighted by atomic mass is 10.0. The van der Waals surface area contributed by atoms with Crippen molar-refractivity contribution in [3.8, 4) is 5.75 Å². The summed E-state index contributed by atoms with van der Waals surface area (Å²) < 4.78 is 5.39. The molecule has 0 saturated carbocycles. The van der Waals surface area contributed by atoms with Crippen molar-refractivity contribution in [3.05, 3.63) is 29.3 Å². The van der Waals surface area contributed by atoms with Crippen molar-refractivity contribution in [1.29, 1.82) is 0 Å². The molecule has 1 aromatic rings. The van der Waals surface area contributed by atoms with E-state index in [-0.39, 0.29) is 12.4 Å². The number of likely N-dealkylation sites (N-methyl/N-ethyl adjacent to an activating group) is 1. The lowest BCUT2D eigenvalue weighted by Gasteiger charge is -2.14. The van der Waals surface area contributed by atoms with Crippen LogP contribution in [0.5, 0.6) is 5.75 Å². The number of halogens is 1. The minimum absolute atomic E-state index is 0. The number of para-hydroxylation sites is 1. The van der Waals surface area contributed by atoms with E-state index in [0.717, 1.165) is 12.2 Å². The third-order valence-corrected chi connectivity index (χ3v) is 2.52. The molecule has 0 aliphatic carbocycles. The number of ether oxygens (including phenoxy) is 1. The van der Waals surface area contributed by atoms with Gasteiger partial charge in [0.05, 0.1) is 7.11 Å². The maximum Gasteiger partial charge on any atom is 0.125 e. The third kappa shape index (κ3) is 3.73. The summed E-state index contributed by atoms with van der Waals surface area (Å²) in [5.74, 6) is 1.02. The Balaban J connectivity index is 0.00000196. The fourth-order valence-corrected chi connectivity index (χ4v) is 1.60. The summed E-state index contributed by atoms with van der Waals surface area (Å²) in [6.07, 6.45) is 1.00. The Morgan fingerprint density at radius 1 is 1.40 bits per heavy atom. The fourth-order valence-electron chi connectivity index (χ4n) is 1.60. The summed E-state index contributed by atoms with van der Waals surface area (Å²) in [6, 6.07) is 6.76. The second kappa shape index (κ2) is 6.70. The maximum absolute atomic E-state index is 5.39. The van der Waals surface area contributed by atoms with E-state index in [4.69, 9.17) is 4.74 Å². The fraction of sp³-hybridized carbons (Fsp3) is 0.500. The molecular weight excluding hydrogens is 210 g/mol. The molecule has 0 saturated heterocycles. The molecule has 0 aliphatic rings. The van der Waals surface area contributed by atoms with Gasteiger partial charge in [-0.25, -0.2) is 0 Å². The molecule has 2 nitrogen and oxygen atoms in total. The summed E-state index contributed by atoms with van der Waals surface area (Å²) in [6.45, 7) is 4.24. The van der Waals surface area contributed by atoms with Crippen molar-refractivity contribution in [2.45, 2.75) is 26.3 Å². The van der Waals surface area contributed by atoms with Crippen LogP contribution in [0.2, 0.25) is 0 Å². The van der Waals surface area contributed by atoms with Gasteiger partial charge in [0.1, 0.15) is 5.75 Å². The highest BCUT2D eigenvalue weighted by molar-refractivity contribution is 5.85. The summed E-state index contributed by atoms with van der Waals surface area (Å²) >= 11 is 0. The van der Waals surface area contributed by atoms with Crippen LogP contribution in [0, 0.1) is 6.92 Å². The highest BCUT2D eigenvalue weighted by Gasteiger charge is 2.08. The van der Waals surface area contributed by atoms with E-state index in [1.54, 1.807) is 7.11 Å². The normalized spacial score (nSPS) is 11.7. The van der Waals surface area contributed by atoms with Gasteiger partial charge in [-0.05, 0) is 38.4 Å². The largest absolute Gasteiger partial charge is 0.496 e. The highest BCUT2D eigenvalue weighted by atomic mass is 35.5. The molecule has 0 bridgehead atoms. The summed E-state index contributed by atoms with van der Waals surface area (Å²) in [4.78, 5) is 0. The Bertz CT molecular complexity index is 302. The van der Waals surface area contributed by atoms with Gasteiger partial charge < -0.3 is 10.1 Å². The van der Waals surface area contributed by atoms with Gasteiger partial charge in [0, 0.05) is 6.04 Å². The SMILES string of the molecule is CNC(C)Cc1cccc(C)c1OC.Cl. The minimum atomic E-state index is 0. The summed E-state index contributed by atoms with van der Waals surface area (Å²) in [5, 5.41) is 3.23. The molecule has 0 heterocycles. The van der Waals surface area contributed by atoms with Crippen molar-refractivity contribution in [3.63, 3.8) is 0 Å². The first-order valence-corrected chi connectivity index (χ1v) is 4.98. The number of rotatable bonds is 4. The molecule has 0 fully saturated rings. The van der Waals surface area contributed by atoms with Crippen molar-refractivity contribution in [1.82, 2.24) is 5.32 Å². The van der Waals surface area contributed by atoms with Crippen LogP contribution in [-0.2, 0) is 6.42 Å². The van der Waals surface area contributed by atoms with E-state index in [9.17, 15) is 0 Å². The molecular formula is C12H20ClNO. The molecule has 1 aromatic carbocycles. The third-order valence-electron chi connectivity index (χ3n) is 2.52.